The van der Waals surface area contributed by atoms with Crippen LogP contribution < -0.4 is 0 Å². The summed E-state index contributed by atoms with van der Waals surface area (Å²) in [5.74, 6) is 0. The van der Waals surface area contributed by atoms with E-state index < -0.39 is 0 Å². The molecule has 0 saturated carbocycles. The summed E-state index contributed by atoms with van der Waals surface area (Å²) < 4.78 is 0. The molecule has 1 radical (unpaired) electrons. The van der Waals surface area contributed by atoms with Crippen molar-refractivity contribution in [2.45, 2.75) is 0 Å². The van der Waals surface area contributed by atoms with Gasteiger partial charge in [-0.1, -0.05) is 0 Å². The van der Waals surface area contributed by atoms with E-state index in [-0.39, 0.29) is 79.8 Å². The first-order valence-electron chi connectivity index (χ1n) is 0. The molecular weight excluding hydrogens is 590 g/mol. The average Bonchev–Trinajstić information content (AvgIpc) is 0. The predicted molar refractivity (Wildman–Crippen MR) is 0 cm³/mol. The van der Waals surface area contributed by atoms with Crippen LogP contribution in [0.1, 0.15) is 0 Å². The van der Waals surface area contributed by atoms with Crippen molar-refractivity contribution in [2.24, 2.45) is 0 Å². The molecular formula is IrOsPdRu. The molecule has 0 heterocycles. The van der Waals surface area contributed by atoms with Crippen LogP contribution >= 0.6 is 0 Å². The van der Waals surface area contributed by atoms with E-state index in [9.17, 15) is 0 Å². The normalized spacial score (nSPS) is 0. The van der Waals surface area contributed by atoms with Gasteiger partial charge in [-0.15, -0.1) is 0 Å². The zero-order valence-corrected chi connectivity index (χ0v) is 9.58. The van der Waals surface area contributed by atoms with Gasteiger partial charge in [0.05, 0.1) is 0 Å². The first-order valence-corrected chi connectivity index (χ1v) is 0. The summed E-state index contributed by atoms with van der Waals surface area (Å²) in [6.07, 6.45) is 0. The van der Waals surface area contributed by atoms with Crippen LogP contribution in [0.4, 0.5) is 0 Å². The van der Waals surface area contributed by atoms with Gasteiger partial charge >= 0.3 is 0 Å². The third kappa shape index (κ3) is 8.82. The summed E-state index contributed by atoms with van der Waals surface area (Å²) in [4.78, 5) is 0. The van der Waals surface area contributed by atoms with Crippen LogP contribution in [0.5, 0.6) is 0 Å². The summed E-state index contributed by atoms with van der Waals surface area (Å²) in [6, 6.07) is 0. The largest absolute Gasteiger partial charge is 0 e. The molecule has 0 aliphatic heterocycles. The molecule has 0 unspecified atom stereocenters. The second kappa shape index (κ2) is 17.6. The smallest absolute Gasteiger partial charge is 0 e. The zero-order chi connectivity index (χ0) is 0. The van der Waals surface area contributed by atoms with Crippen LogP contribution in [0.2, 0.25) is 0 Å². The second-order valence-electron chi connectivity index (χ2n) is 0. The third-order valence-corrected chi connectivity index (χ3v) is 0. The van der Waals surface area contributed by atoms with Gasteiger partial charge in [0, 0.05) is 79.8 Å². The van der Waals surface area contributed by atoms with E-state index in [2.05, 4.69) is 0 Å². The first-order chi connectivity index (χ1) is 0. The summed E-state index contributed by atoms with van der Waals surface area (Å²) in [6.45, 7) is 0. The second-order valence-corrected chi connectivity index (χ2v) is 0. The van der Waals surface area contributed by atoms with Crippen molar-refractivity contribution in [3.05, 3.63) is 0 Å². The van der Waals surface area contributed by atoms with E-state index in [1.165, 1.54) is 0 Å². The predicted octanol–water partition coefficient (Wildman–Crippen LogP) is -0.0100. The van der Waals surface area contributed by atoms with Gasteiger partial charge in [0.1, 0.15) is 0 Å². The van der Waals surface area contributed by atoms with Crippen LogP contribution in [-0.2, 0) is 79.8 Å². The Kier molecular flexibility index (Phi) is 136. The van der Waals surface area contributed by atoms with Gasteiger partial charge in [-0.05, 0) is 0 Å². The Morgan fingerprint density at radius 2 is 1.00 bits per heavy atom. The molecule has 0 aromatic carbocycles. The molecule has 0 saturated heterocycles. The summed E-state index contributed by atoms with van der Waals surface area (Å²) in [7, 11) is 0. The van der Waals surface area contributed by atoms with Crippen molar-refractivity contribution in [3.8, 4) is 0 Å². The molecule has 0 bridgehead atoms. The SMILES string of the molecule is [Ir].[Os].[Pd].[Ru]. The fourth-order valence-electron chi connectivity index (χ4n) is 0. The quantitative estimate of drug-likeness (QED) is 0.349. The Balaban J connectivity index is 0. The van der Waals surface area contributed by atoms with Crippen LogP contribution in [0.15, 0.2) is 0 Å². The molecule has 0 aliphatic rings. The maximum atomic E-state index is 0. The number of hydrogen-bond acceptors (Lipinski definition) is 0. The molecule has 0 nitrogen and oxygen atoms in total. The van der Waals surface area contributed by atoms with Gasteiger partial charge in [0.25, 0.3) is 0 Å². The molecule has 35 valence electrons. The molecule has 0 aromatic rings. The molecule has 4 heteroatoms. The number of rotatable bonds is 0. The van der Waals surface area contributed by atoms with Crippen molar-refractivity contribution in [2.75, 3.05) is 0 Å². The molecule has 0 aliphatic carbocycles. The van der Waals surface area contributed by atoms with E-state index in [1.807, 2.05) is 0 Å². The van der Waals surface area contributed by atoms with Crippen molar-refractivity contribution >= 4 is 0 Å². The van der Waals surface area contributed by atoms with Gasteiger partial charge in [-0.2, -0.15) is 0 Å². The Labute approximate surface area is 78.7 Å². The number of hydrogen-bond donors (Lipinski definition) is 0. The van der Waals surface area contributed by atoms with E-state index in [1.54, 1.807) is 0 Å². The van der Waals surface area contributed by atoms with Crippen molar-refractivity contribution in [3.63, 3.8) is 0 Å². The first kappa shape index (κ1) is 30.8. The van der Waals surface area contributed by atoms with Gasteiger partial charge in [-0.3, -0.25) is 0 Å². The van der Waals surface area contributed by atoms with E-state index >= 15 is 0 Å². The fraction of sp³-hybridized carbons (Fsp3) is 0. The van der Waals surface area contributed by atoms with Crippen LogP contribution in [0.3, 0.4) is 0 Å². The molecule has 0 fully saturated rings. The topological polar surface area (TPSA) is 0 Å². The molecule has 0 spiro atoms. The van der Waals surface area contributed by atoms with Crippen LogP contribution in [0, 0.1) is 0 Å². The van der Waals surface area contributed by atoms with Gasteiger partial charge in [-0.25, -0.2) is 0 Å². The summed E-state index contributed by atoms with van der Waals surface area (Å²) >= 11 is 0. The van der Waals surface area contributed by atoms with Gasteiger partial charge < -0.3 is 0 Å². The minimum atomic E-state index is 0. The Morgan fingerprint density at radius 3 is 1.00 bits per heavy atom. The van der Waals surface area contributed by atoms with Gasteiger partial charge in [0.2, 0.25) is 0 Å². The van der Waals surface area contributed by atoms with E-state index in [4.69, 9.17) is 0 Å². The molecule has 0 rings (SSSR count). The zero-order valence-electron chi connectivity index (χ0n) is 1.36. The maximum absolute atomic E-state index is 0. The van der Waals surface area contributed by atoms with Crippen LogP contribution in [-0.4, -0.2) is 0 Å². The van der Waals surface area contributed by atoms with Crippen LogP contribution in [0.25, 0.3) is 0 Å². The monoisotopic (exact) mass is 593 g/mol. The Hall–Kier alpha value is 2.57. The van der Waals surface area contributed by atoms with Crippen molar-refractivity contribution in [1.29, 1.82) is 0 Å². The Bertz CT molecular complexity index is 8.00. The maximum Gasteiger partial charge on any atom is 0 e. The minimum absolute atomic E-state index is 0. The van der Waals surface area contributed by atoms with E-state index in [0.29, 0.717) is 0 Å². The summed E-state index contributed by atoms with van der Waals surface area (Å²) in [5.41, 5.74) is 0. The van der Waals surface area contributed by atoms with Crippen molar-refractivity contribution in [1.82, 2.24) is 0 Å². The standard InChI is InChI=1S/Ir.Os.Pd.Ru. The average molecular weight is 590 g/mol. The fourth-order valence-corrected chi connectivity index (χ4v) is 0. The minimum Gasteiger partial charge on any atom is 0 e. The molecule has 4 heavy (non-hydrogen) atoms. The van der Waals surface area contributed by atoms with Gasteiger partial charge in [0.15, 0.2) is 0 Å². The third-order valence-electron chi connectivity index (χ3n) is 0. The molecule has 0 atom stereocenters. The summed E-state index contributed by atoms with van der Waals surface area (Å²) in [5, 5.41) is 0. The molecule has 0 aromatic heterocycles. The Morgan fingerprint density at radius 1 is 1.00 bits per heavy atom. The molecule has 0 N–H and O–H groups in total. The molecule has 0 amide bonds. The van der Waals surface area contributed by atoms with E-state index in [0.717, 1.165) is 0 Å². The van der Waals surface area contributed by atoms with Crippen molar-refractivity contribution < 1.29 is 79.8 Å².